The van der Waals surface area contributed by atoms with E-state index < -0.39 is 0 Å². The van der Waals surface area contributed by atoms with Crippen LogP contribution in [0.1, 0.15) is 10.4 Å². The molecule has 3 rings (SSSR count). The smallest absolute Gasteiger partial charge is 0.257 e. The summed E-state index contributed by atoms with van der Waals surface area (Å²) in [7, 11) is 0. The first-order chi connectivity index (χ1) is 12.7. The maximum atomic E-state index is 12.7. The summed E-state index contributed by atoms with van der Waals surface area (Å²) in [6.07, 6.45) is 5.02. The average molecular weight is 353 g/mol. The molecule has 136 valence electrons. The molecule has 1 fully saturated rings. The predicted octanol–water partition coefficient (Wildman–Crippen LogP) is 0.932. The molecule has 2 aromatic rings. The van der Waals surface area contributed by atoms with Gasteiger partial charge >= 0.3 is 0 Å². The summed E-state index contributed by atoms with van der Waals surface area (Å²) in [6, 6.07) is 9.69. The zero-order valence-electron chi connectivity index (χ0n) is 14.7. The van der Waals surface area contributed by atoms with Crippen LogP contribution < -0.4 is 5.32 Å². The molecule has 7 heteroatoms. The van der Waals surface area contributed by atoms with Crippen LogP contribution in [0.3, 0.4) is 0 Å². The van der Waals surface area contributed by atoms with Gasteiger partial charge in [0.25, 0.3) is 5.91 Å². The van der Waals surface area contributed by atoms with Crippen LogP contribution in [0.15, 0.2) is 55.4 Å². The Morgan fingerprint density at radius 2 is 1.88 bits per heavy atom. The van der Waals surface area contributed by atoms with Crippen molar-refractivity contribution < 1.29 is 9.59 Å². The predicted molar refractivity (Wildman–Crippen MR) is 99.1 cm³/mol. The second-order valence-electron chi connectivity index (χ2n) is 6.17. The van der Waals surface area contributed by atoms with Gasteiger partial charge in [0, 0.05) is 38.9 Å². The van der Waals surface area contributed by atoms with Crippen molar-refractivity contribution in [1.29, 1.82) is 0 Å². The molecule has 0 saturated carbocycles. The Hall–Kier alpha value is -2.93. The molecule has 1 N–H and O–H groups in total. The second kappa shape index (κ2) is 8.44. The zero-order valence-corrected chi connectivity index (χ0v) is 14.7. The lowest BCUT2D eigenvalue weighted by Gasteiger charge is -2.34. The van der Waals surface area contributed by atoms with Gasteiger partial charge in [0.05, 0.1) is 24.0 Å². The Labute approximate surface area is 152 Å². The topological polar surface area (TPSA) is 70.5 Å². The van der Waals surface area contributed by atoms with Gasteiger partial charge in [-0.3, -0.25) is 14.5 Å². The van der Waals surface area contributed by atoms with Crippen LogP contribution in [0.25, 0.3) is 5.69 Å². The first kappa shape index (κ1) is 17.9. The molecular weight excluding hydrogens is 330 g/mol. The van der Waals surface area contributed by atoms with Crippen molar-refractivity contribution in [3.05, 3.63) is 60.9 Å². The molecule has 1 aromatic carbocycles. The maximum Gasteiger partial charge on any atom is 0.257 e. The Balaban J connectivity index is 1.53. The average Bonchev–Trinajstić information content (AvgIpc) is 3.17. The maximum absolute atomic E-state index is 12.7. The summed E-state index contributed by atoms with van der Waals surface area (Å²) in [5, 5.41) is 7.05. The number of hydrogen-bond acceptors (Lipinski definition) is 4. The van der Waals surface area contributed by atoms with Gasteiger partial charge in [0.1, 0.15) is 0 Å². The summed E-state index contributed by atoms with van der Waals surface area (Å²) in [6.45, 7) is 6.97. The van der Waals surface area contributed by atoms with Crippen LogP contribution in [-0.2, 0) is 4.79 Å². The van der Waals surface area contributed by atoms with Gasteiger partial charge in [-0.05, 0) is 12.1 Å². The highest BCUT2D eigenvalue weighted by Crippen LogP contribution is 2.11. The van der Waals surface area contributed by atoms with Crippen molar-refractivity contribution >= 4 is 11.8 Å². The number of piperazine rings is 1. The fourth-order valence-electron chi connectivity index (χ4n) is 2.89. The summed E-state index contributed by atoms with van der Waals surface area (Å²) in [5.74, 6) is -0.0447. The molecule has 0 aliphatic carbocycles. The van der Waals surface area contributed by atoms with Gasteiger partial charge in [-0.1, -0.05) is 24.3 Å². The Kier molecular flexibility index (Phi) is 5.80. The van der Waals surface area contributed by atoms with E-state index in [1.807, 2.05) is 35.2 Å². The molecule has 1 saturated heterocycles. The number of hydrogen-bond donors (Lipinski definition) is 1. The minimum atomic E-state index is -0.0251. The van der Waals surface area contributed by atoms with E-state index >= 15 is 0 Å². The summed E-state index contributed by atoms with van der Waals surface area (Å²) >= 11 is 0. The number of nitrogens with one attached hydrogen (secondary N) is 1. The lowest BCUT2D eigenvalue weighted by Crippen LogP contribution is -2.51. The first-order valence-corrected chi connectivity index (χ1v) is 8.66. The molecule has 0 bridgehead atoms. The molecule has 26 heavy (non-hydrogen) atoms. The van der Waals surface area contributed by atoms with Crippen LogP contribution >= 0.6 is 0 Å². The molecular formula is C19H23N5O2. The highest BCUT2D eigenvalue weighted by atomic mass is 16.2. The third kappa shape index (κ3) is 4.37. The number of nitrogens with zero attached hydrogens (tertiary/aromatic N) is 4. The third-order valence-corrected chi connectivity index (χ3v) is 4.32. The van der Waals surface area contributed by atoms with Gasteiger partial charge in [0.15, 0.2) is 0 Å². The summed E-state index contributed by atoms with van der Waals surface area (Å²) in [5.41, 5.74) is 1.49. The van der Waals surface area contributed by atoms with Crippen LogP contribution in [0.4, 0.5) is 0 Å². The zero-order chi connectivity index (χ0) is 18.4. The van der Waals surface area contributed by atoms with Crippen molar-refractivity contribution in [3.8, 4) is 5.69 Å². The molecule has 1 aromatic heterocycles. The van der Waals surface area contributed by atoms with E-state index in [2.05, 4.69) is 21.9 Å². The fraction of sp³-hybridized carbons (Fsp3) is 0.316. The third-order valence-electron chi connectivity index (χ3n) is 4.32. The number of aromatic nitrogens is 2. The number of benzene rings is 1. The molecule has 1 aliphatic heterocycles. The van der Waals surface area contributed by atoms with E-state index in [1.165, 1.54) is 0 Å². The van der Waals surface area contributed by atoms with Gasteiger partial charge in [-0.2, -0.15) is 5.10 Å². The minimum absolute atomic E-state index is 0.0196. The SMILES string of the molecule is C=CCNC(=O)CN1CCN(C(=O)c2cnn(-c3ccccc3)c2)CC1. The summed E-state index contributed by atoms with van der Waals surface area (Å²) < 4.78 is 1.70. The van der Waals surface area contributed by atoms with Crippen LogP contribution in [0, 0.1) is 0 Å². The second-order valence-corrected chi connectivity index (χ2v) is 6.17. The van der Waals surface area contributed by atoms with Crippen LogP contribution in [-0.4, -0.2) is 70.7 Å². The van der Waals surface area contributed by atoms with Crippen molar-refractivity contribution in [2.45, 2.75) is 0 Å². The van der Waals surface area contributed by atoms with Gasteiger partial charge < -0.3 is 10.2 Å². The van der Waals surface area contributed by atoms with Crippen molar-refractivity contribution in [1.82, 2.24) is 24.9 Å². The Bertz CT molecular complexity index is 763. The molecule has 0 atom stereocenters. The summed E-state index contributed by atoms with van der Waals surface area (Å²) in [4.78, 5) is 28.3. The van der Waals surface area contributed by atoms with E-state index in [0.29, 0.717) is 44.8 Å². The number of rotatable bonds is 6. The van der Waals surface area contributed by atoms with Crippen LogP contribution in [0.5, 0.6) is 0 Å². The monoisotopic (exact) mass is 353 g/mol. The molecule has 0 radical (unpaired) electrons. The van der Waals surface area contributed by atoms with Crippen molar-refractivity contribution in [2.75, 3.05) is 39.3 Å². The normalized spacial score (nSPS) is 14.8. The van der Waals surface area contributed by atoms with E-state index in [1.54, 1.807) is 23.2 Å². The van der Waals surface area contributed by atoms with Gasteiger partial charge in [-0.25, -0.2) is 4.68 Å². The molecule has 1 aliphatic rings. The van der Waals surface area contributed by atoms with E-state index in [0.717, 1.165) is 5.69 Å². The van der Waals surface area contributed by atoms with E-state index in [-0.39, 0.29) is 11.8 Å². The number of para-hydroxylation sites is 1. The molecule has 7 nitrogen and oxygen atoms in total. The molecule has 2 heterocycles. The molecule has 2 amide bonds. The Morgan fingerprint density at radius 1 is 1.15 bits per heavy atom. The van der Waals surface area contributed by atoms with Crippen LogP contribution in [0.2, 0.25) is 0 Å². The first-order valence-electron chi connectivity index (χ1n) is 8.66. The van der Waals surface area contributed by atoms with Gasteiger partial charge in [0.2, 0.25) is 5.91 Å². The van der Waals surface area contributed by atoms with E-state index in [9.17, 15) is 9.59 Å². The highest BCUT2D eigenvalue weighted by Gasteiger charge is 2.24. The van der Waals surface area contributed by atoms with Crippen molar-refractivity contribution in [3.63, 3.8) is 0 Å². The number of amides is 2. The highest BCUT2D eigenvalue weighted by molar-refractivity contribution is 5.94. The quantitative estimate of drug-likeness (QED) is 0.785. The van der Waals surface area contributed by atoms with E-state index in [4.69, 9.17) is 0 Å². The number of carbonyl (C=O) groups is 2. The molecule has 0 unspecified atom stereocenters. The van der Waals surface area contributed by atoms with Gasteiger partial charge in [-0.15, -0.1) is 6.58 Å². The largest absolute Gasteiger partial charge is 0.352 e. The fourth-order valence-corrected chi connectivity index (χ4v) is 2.89. The molecule has 0 spiro atoms. The minimum Gasteiger partial charge on any atom is -0.352 e. The lowest BCUT2D eigenvalue weighted by atomic mass is 10.2. The number of carbonyl (C=O) groups excluding carboxylic acids is 2. The lowest BCUT2D eigenvalue weighted by molar-refractivity contribution is -0.122. The Morgan fingerprint density at radius 3 is 2.58 bits per heavy atom. The standard InChI is InChI=1S/C19H23N5O2/c1-2-8-20-18(25)15-22-9-11-23(12-10-22)19(26)16-13-21-24(14-16)17-6-4-3-5-7-17/h2-7,13-14H,1,8-12,15H2,(H,20,25). The van der Waals surface area contributed by atoms with Crippen molar-refractivity contribution in [2.24, 2.45) is 0 Å².